The fraction of sp³-hybridized carbons (Fsp3) is 0.647. The van der Waals surface area contributed by atoms with Crippen molar-refractivity contribution >= 4 is 5.69 Å². The van der Waals surface area contributed by atoms with Crippen LogP contribution < -0.4 is 15.2 Å². The summed E-state index contributed by atoms with van der Waals surface area (Å²) in [6.45, 7) is 7.85. The number of nitrogens with two attached hydrogens (primary N) is 1. The minimum absolute atomic E-state index is 0.606. The third-order valence-corrected chi connectivity index (χ3v) is 4.23. The molecule has 0 aromatic heterocycles. The molecule has 1 aliphatic heterocycles. The number of anilines is 1. The summed E-state index contributed by atoms with van der Waals surface area (Å²) in [6.07, 6.45) is 3.88. The quantitative estimate of drug-likeness (QED) is 0.818. The first kappa shape index (κ1) is 14.5. The first-order chi connectivity index (χ1) is 10.1. The number of fused-ring (bicyclic) bond motifs is 1. The summed E-state index contributed by atoms with van der Waals surface area (Å²) in [6, 6.07) is 4.72. The SMILES string of the molecule is CC(C)CCN(Cc1cc2c(cc1N)OCCO2)C1CC1. The highest BCUT2D eigenvalue weighted by molar-refractivity contribution is 5.58. The first-order valence-electron chi connectivity index (χ1n) is 8.05. The van der Waals surface area contributed by atoms with E-state index >= 15 is 0 Å². The molecule has 3 rings (SSSR count). The molecule has 0 bridgehead atoms. The van der Waals surface area contributed by atoms with Crippen LogP contribution >= 0.6 is 0 Å². The van der Waals surface area contributed by atoms with Crippen LogP contribution in [0.15, 0.2) is 12.1 Å². The number of rotatable bonds is 6. The predicted octanol–water partition coefficient (Wildman–Crippen LogP) is 3.05. The van der Waals surface area contributed by atoms with Crippen molar-refractivity contribution in [3.8, 4) is 11.5 Å². The van der Waals surface area contributed by atoms with Gasteiger partial charge in [-0.2, -0.15) is 0 Å². The van der Waals surface area contributed by atoms with Crippen molar-refractivity contribution in [3.05, 3.63) is 17.7 Å². The summed E-state index contributed by atoms with van der Waals surface area (Å²) < 4.78 is 11.3. The molecule has 2 aliphatic rings. The number of nitrogens with zero attached hydrogens (tertiary/aromatic N) is 1. The van der Waals surface area contributed by atoms with E-state index in [-0.39, 0.29) is 0 Å². The van der Waals surface area contributed by atoms with Crippen LogP contribution in [0.2, 0.25) is 0 Å². The van der Waals surface area contributed by atoms with Gasteiger partial charge in [0.25, 0.3) is 0 Å². The molecule has 0 atom stereocenters. The Bertz CT molecular complexity index is 498. The molecule has 4 heteroatoms. The molecule has 0 radical (unpaired) electrons. The molecule has 1 saturated carbocycles. The summed E-state index contributed by atoms with van der Waals surface area (Å²) in [4.78, 5) is 2.57. The second-order valence-corrected chi connectivity index (χ2v) is 6.58. The van der Waals surface area contributed by atoms with E-state index < -0.39 is 0 Å². The van der Waals surface area contributed by atoms with Crippen LogP contribution in [0.25, 0.3) is 0 Å². The molecule has 0 amide bonds. The Morgan fingerprint density at radius 2 is 1.86 bits per heavy atom. The molecule has 0 saturated heterocycles. The second-order valence-electron chi connectivity index (χ2n) is 6.58. The summed E-state index contributed by atoms with van der Waals surface area (Å²) in [5, 5.41) is 0. The predicted molar refractivity (Wildman–Crippen MR) is 84.7 cm³/mol. The molecule has 0 spiro atoms. The van der Waals surface area contributed by atoms with Crippen molar-refractivity contribution < 1.29 is 9.47 Å². The lowest BCUT2D eigenvalue weighted by molar-refractivity contribution is 0.171. The lowest BCUT2D eigenvalue weighted by atomic mass is 10.1. The van der Waals surface area contributed by atoms with Gasteiger partial charge in [0.1, 0.15) is 13.2 Å². The van der Waals surface area contributed by atoms with Crippen LogP contribution in [0.1, 0.15) is 38.7 Å². The van der Waals surface area contributed by atoms with E-state index in [0.717, 1.165) is 47.8 Å². The number of hydrogen-bond donors (Lipinski definition) is 1. The van der Waals surface area contributed by atoms with Crippen molar-refractivity contribution in [1.29, 1.82) is 0 Å². The van der Waals surface area contributed by atoms with Gasteiger partial charge in [-0.15, -0.1) is 0 Å². The smallest absolute Gasteiger partial charge is 0.163 e. The molecular weight excluding hydrogens is 264 g/mol. The van der Waals surface area contributed by atoms with Crippen LogP contribution in [0, 0.1) is 5.92 Å². The van der Waals surface area contributed by atoms with E-state index in [1.54, 1.807) is 0 Å². The van der Waals surface area contributed by atoms with Crippen LogP contribution in [0.5, 0.6) is 11.5 Å². The number of nitrogen functional groups attached to an aromatic ring is 1. The van der Waals surface area contributed by atoms with Gasteiger partial charge in [-0.25, -0.2) is 0 Å². The Morgan fingerprint density at radius 3 is 2.48 bits per heavy atom. The molecule has 1 heterocycles. The van der Waals surface area contributed by atoms with E-state index in [4.69, 9.17) is 15.2 Å². The average molecular weight is 290 g/mol. The largest absolute Gasteiger partial charge is 0.486 e. The topological polar surface area (TPSA) is 47.7 Å². The van der Waals surface area contributed by atoms with Crippen LogP contribution in [-0.2, 0) is 6.54 Å². The molecule has 1 fully saturated rings. The number of ether oxygens (including phenoxy) is 2. The third-order valence-electron chi connectivity index (χ3n) is 4.23. The maximum Gasteiger partial charge on any atom is 0.163 e. The van der Waals surface area contributed by atoms with Crippen LogP contribution in [0.4, 0.5) is 5.69 Å². The average Bonchev–Trinajstić information content (AvgIpc) is 3.28. The van der Waals surface area contributed by atoms with Gasteiger partial charge in [0.2, 0.25) is 0 Å². The minimum atomic E-state index is 0.606. The fourth-order valence-corrected chi connectivity index (χ4v) is 2.76. The number of benzene rings is 1. The Balaban J connectivity index is 1.72. The monoisotopic (exact) mass is 290 g/mol. The lowest BCUT2D eigenvalue weighted by Crippen LogP contribution is -2.28. The van der Waals surface area contributed by atoms with Crippen molar-refractivity contribution in [1.82, 2.24) is 4.90 Å². The van der Waals surface area contributed by atoms with E-state index in [9.17, 15) is 0 Å². The van der Waals surface area contributed by atoms with Crippen molar-refractivity contribution in [2.24, 2.45) is 5.92 Å². The second kappa shape index (κ2) is 6.14. The van der Waals surface area contributed by atoms with E-state index in [0.29, 0.717) is 13.2 Å². The van der Waals surface area contributed by atoms with Gasteiger partial charge in [-0.3, -0.25) is 4.90 Å². The van der Waals surface area contributed by atoms with E-state index in [1.165, 1.54) is 19.3 Å². The molecule has 116 valence electrons. The standard InChI is InChI=1S/C17H26N2O2/c1-12(2)5-6-19(14-3-4-14)11-13-9-16-17(10-15(13)18)21-8-7-20-16/h9-10,12,14H,3-8,11,18H2,1-2H3. The molecule has 4 nitrogen and oxygen atoms in total. The Kier molecular flexibility index (Phi) is 4.24. The van der Waals surface area contributed by atoms with Gasteiger partial charge in [-0.05, 0) is 43.4 Å². The van der Waals surface area contributed by atoms with Gasteiger partial charge >= 0.3 is 0 Å². The van der Waals surface area contributed by atoms with Gasteiger partial charge < -0.3 is 15.2 Å². The Morgan fingerprint density at radius 1 is 1.19 bits per heavy atom. The summed E-state index contributed by atoms with van der Waals surface area (Å²) in [5.41, 5.74) is 8.18. The molecule has 2 N–H and O–H groups in total. The third kappa shape index (κ3) is 3.62. The zero-order valence-electron chi connectivity index (χ0n) is 13.1. The zero-order chi connectivity index (χ0) is 14.8. The summed E-state index contributed by atoms with van der Waals surface area (Å²) in [5.74, 6) is 2.36. The highest BCUT2D eigenvalue weighted by Gasteiger charge is 2.29. The minimum Gasteiger partial charge on any atom is -0.486 e. The van der Waals surface area contributed by atoms with Gasteiger partial charge in [0, 0.05) is 24.3 Å². The first-order valence-corrected chi connectivity index (χ1v) is 8.05. The van der Waals surface area contributed by atoms with Crippen molar-refractivity contribution in [2.75, 3.05) is 25.5 Å². The normalized spacial score (nSPS) is 17.5. The maximum atomic E-state index is 6.21. The molecular formula is C17H26N2O2. The molecule has 0 unspecified atom stereocenters. The highest BCUT2D eigenvalue weighted by Crippen LogP contribution is 2.36. The molecule has 1 aliphatic carbocycles. The molecule has 1 aromatic rings. The summed E-state index contributed by atoms with van der Waals surface area (Å²) >= 11 is 0. The van der Waals surface area contributed by atoms with Crippen LogP contribution in [-0.4, -0.2) is 30.7 Å². The molecule has 21 heavy (non-hydrogen) atoms. The lowest BCUT2D eigenvalue weighted by Gasteiger charge is -2.25. The van der Waals surface area contributed by atoms with E-state index in [2.05, 4.69) is 24.8 Å². The maximum absolute atomic E-state index is 6.21. The fourth-order valence-electron chi connectivity index (χ4n) is 2.76. The van der Waals surface area contributed by atoms with Crippen molar-refractivity contribution in [2.45, 2.75) is 45.7 Å². The number of hydrogen-bond acceptors (Lipinski definition) is 4. The van der Waals surface area contributed by atoms with Gasteiger partial charge in [-0.1, -0.05) is 13.8 Å². The zero-order valence-corrected chi connectivity index (χ0v) is 13.1. The van der Waals surface area contributed by atoms with Crippen LogP contribution in [0.3, 0.4) is 0 Å². The summed E-state index contributed by atoms with van der Waals surface area (Å²) in [7, 11) is 0. The molecule has 1 aromatic carbocycles. The van der Waals surface area contributed by atoms with Crippen molar-refractivity contribution in [3.63, 3.8) is 0 Å². The van der Waals surface area contributed by atoms with Gasteiger partial charge in [0.05, 0.1) is 0 Å². The van der Waals surface area contributed by atoms with E-state index in [1.807, 2.05) is 6.07 Å². The Labute approximate surface area is 127 Å². The Hall–Kier alpha value is -1.42. The van der Waals surface area contributed by atoms with Gasteiger partial charge in [0.15, 0.2) is 11.5 Å². The highest BCUT2D eigenvalue weighted by atomic mass is 16.6.